The summed E-state index contributed by atoms with van der Waals surface area (Å²) in [5.74, 6) is 2.34. The van der Waals surface area contributed by atoms with Crippen LogP contribution in [0, 0.1) is 0 Å². The predicted octanol–water partition coefficient (Wildman–Crippen LogP) is 2.54. The molecule has 2 bridgehead atoms. The number of aromatic amines is 1. The van der Waals surface area contributed by atoms with Gasteiger partial charge in [-0.2, -0.15) is 10.1 Å². The van der Waals surface area contributed by atoms with Crippen molar-refractivity contribution in [2.24, 2.45) is 0 Å². The van der Waals surface area contributed by atoms with Gasteiger partial charge in [0.2, 0.25) is 12.3 Å². The quantitative estimate of drug-likeness (QED) is 0.650. The van der Waals surface area contributed by atoms with Gasteiger partial charge < -0.3 is 14.8 Å². The van der Waals surface area contributed by atoms with Crippen molar-refractivity contribution in [2.75, 3.05) is 23.9 Å². The SMILES string of the molecule is CNc1nccc2c1N(C=O)c1ccc(-c3ncn[nH]3)c(n1)OCCCC(C)O2. The largest absolute Gasteiger partial charge is 0.488 e. The fraction of sp³-hybridized carbons (Fsp3) is 0.316. The number of nitrogens with one attached hydrogen (secondary N) is 2. The van der Waals surface area contributed by atoms with E-state index in [2.05, 4.69) is 30.5 Å². The number of carbonyl (C=O) groups is 1. The molecule has 1 amide bonds. The molecule has 0 spiro atoms. The van der Waals surface area contributed by atoms with Crippen molar-refractivity contribution in [1.82, 2.24) is 25.1 Å². The van der Waals surface area contributed by atoms with Crippen molar-refractivity contribution in [3.8, 4) is 23.0 Å². The summed E-state index contributed by atoms with van der Waals surface area (Å²) >= 11 is 0. The monoisotopic (exact) mass is 395 g/mol. The Bertz CT molecular complexity index is 993. The molecular weight excluding hydrogens is 374 g/mol. The van der Waals surface area contributed by atoms with E-state index in [1.807, 2.05) is 6.92 Å². The lowest BCUT2D eigenvalue weighted by Gasteiger charge is -2.25. The van der Waals surface area contributed by atoms with Crippen LogP contribution in [0.4, 0.5) is 17.3 Å². The highest BCUT2D eigenvalue weighted by atomic mass is 16.5. The van der Waals surface area contributed by atoms with Gasteiger partial charge in [0.25, 0.3) is 0 Å². The van der Waals surface area contributed by atoms with Crippen LogP contribution in [0.25, 0.3) is 11.4 Å². The van der Waals surface area contributed by atoms with Gasteiger partial charge in [-0.25, -0.2) is 9.97 Å². The maximum atomic E-state index is 12.1. The number of H-pyrrole nitrogens is 1. The molecule has 0 fully saturated rings. The van der Waals surface area contributed by atoms with Gasteiger partial charge in [-0.15, -0.1) is 0 Å². The predicted molar refractivity (Wildman–Crippen MR) is 106 cm³/mol. The van der Waals surface area contributed by atoms with Crippen molar-refractivity contribution in [3.63, 3.8) is 0 Å². The van der Waals surface area contributed by atoms with Gasteiger partial charge in [-0.3, -0.25) is 14.8 Å². The Morgan fingerprint density at radius 3 is 2.97 bits per heavy atom. The average Bonchev–Trinajstić information content (AvgIpc) is 3.27. The molecule has 0 aromatic carbocycles. The van der Waals surface area contributed by atoms with Gasteiger partial charge in [-0.05, 0) is 31.9 Å². The number of aromatic nitrogens is 5. The normalized spacial score (nSPS) is 16.5. The van der Waals surface area contributed by atoms with E-state index in [0.29, 0.717) is 53.4 Å². The smallest absolute Gasteiger partial charge is 0.226 e. The van der Waals surface area contributed by atoms with E-state index in [1.165, 1.54) is 11.2 Å². The number of ether oxygens (including phenoxy) is 2. The number of nitrogens with zero attached hydrogens (tertiary/aromatic N) is 5. The lowest BCUT2D eigenvalue weighted by atomic mass is 10.2. The van der Waals surface area contributed by atoms with Gasteiger partial charge in [-0.1, -0.05) is 0 Å². The second kappa shape index (κ2) is 8.13. The molecule has 0 aliphatic carbocycles. The van der Waals surface area contributed by atoms with E-state index in [-0.39, 0.29) is 6.10 Å². The van der Waals surface area contributed by atoms with E-state index in [0.717, 1.165) is 12.8 Å². The maximum Gasteiger partial charge on any atom is 0.226 e. The van der Waals surface area contributed by atoms with Crippen molar-refractivity contribution < 1.29 is 14.3 Å². The first-order chi connectivity index (χ1) is 14.2. The molecule has 1 aliphatic heterocycles. The molecule has 1 atom stereocenters. The zero-order chi connectivity index (χ0) is 20.2. The Labute approximate surface area is 167 Å². The molecule has 4 rings (SSSR count). The van der Waals surface area contributed by atoms with Crippen molar-refractivity contribution in [3.05, 3.63) is 30.7 Å². The highest BCUT2D eigenvalue weighted by Crippen LogP contribution is 2.39. The number of hydrogen-bond acceptors (Lipinski definition) is 8. The third-order valence-electron chi connectivity index (χ3n) is 4.55. The van der Waals surface area contributed by atoms with Gasteiger partial charge in [0, 0.05) is 19.3 Å². The minimum atomic E-state index is -0.0718. The van der Waals surface area contributed by atoms with Crippen LogP contribution in [-0.4, -0.2) is 51.3 Å². The van der Waals surface area contributed by atoms with Crippen LogP contribution in [0.5, 0.6) is 11.6 Å². The first-order valence-corrected chi connectivity index (χ1v) is 9.28. The number of carbonyl (C=O) groups excluding carboxylic acids is 1. The maximum absolute atomic E-state index is 12.1. The first kappa shape index (κ1) is 18.7. The minimum Gasteiger partial charge on any atom is -0.488 e. The highest BCUT2D eigenvalue weighted by molar-refractivity contribution is 5.93. The molecule has 3 aromatic rings. The summed E-state index contributed by atoms with van der Waals surface area (Å²) in [5.41, 5.74) is 1.15. The average molecular weight is 395 g/mol. The topological polar surface area (TPSA) is 118 Å². The highest BCUT2D eigenvalue weighted by Gasteiger charge is 2.24. The number of hydrogen-bond donors (Lipinski definition) is 2. The lowest BCUT2D eigenvalue weighted by Crippen LogP contribution is -2.22. The van der Waals surface area contributed by atoms with Crippen molar-refractivity contribution >= 4 is 23.7 Å². The van der Waals surface area contributed by atoms with Gasteiger partial charge in [0.1, 0.15) is 23.6 Å². The molecule has 0 radical (unpaired) electrons. The molecule has 0 saturated heterocycles. The lowest BCUT2D eigenvalue weighted by molar-refractivity contribution is -0.106. The van der Waals surface area contributed by atoms with Crippen LogP contribution < -0.4 is 19.7 Å². The molecule has 3 aromatic heterocycles. The summed E-state index contributed by atoms with van der Waals surface area (Å²) in [6.45, 7) is 2.44. The van der Waals surface area contributed by atoms with Crippen molar-refractivity contribution in [1.29, 1.82) is 0 Å². The summed E-state index contributed by atoms with van der Waals surface area (Å²) in [6.07, 6.45) is 5.22. The zero-order valence-electron chi connectivity index (χ0n) is 16.1. The Hall–Kier alpha value is -3.69. The Morgan fingerprint density at radius 1 is 1.31 bits per heavy atom. The van der Waals surface area contributed by atoms with E-state index in [9.17, 15) is 4.79 Å². The van der Waals surface area contributed by atoms with Crippen LogP contribution in [-0.2, 0) is 4.79 Å². The molecule has 150 valence electrons. The fourth-order valence-electron chi connectivity index (χ4n) is 3.17. The summed E-state index contributed by atoms with van der Waals surface area (Å²) in [4.78, 5) is 26.6. The molecule has 1 unspecified atom stereocenters. The van der Waals surface area contributed by atoms with Crippen LogP contribution in [0.3, 0.4) is 0 Å². The van der Waals surface area contributed by atoms with Gasteiger partial charge >= 0.3 is 0 Å². The molecule has 1 aliphatic rings. The van der Waals surface area contributed by atoms with Crippen molar-refractivity contribution in [2.45, 2.75) is 25.9 Å². The minimum absolute atomic E-state index is 0.0718. The summed E-state index contributed by atoms with van der Waals surface area (Å²) in [5, 5.41) is 9.73. The number of rotatable bonds is 3. The molecule has 0 saturated carbocycles. The number of pyridine rings is 2. The molecule has 4 heterocycles. The van der Waals surface area contributed by atoms with Gasteiger partial charge in [0.05, 0.1) is 18.3 Å². The van der Waals surface area contributed by atoms with E-state index < -0.39 is 0 Å². The van der Waals surface area contributed by atoms with E-state index >= 15 is 0 Å². The Morgan fingerprint density at radius 2 is 2.21 bits per heavy atom. The fourth-order valence-corrected chi connectivity index (χ4v) is 3.17. The van der Waals surface area contributed by atoms with Crippen LogP contribution >= 0.6 is 0 Å². The Balaban J connectivity index is 1.88. The molecule has 10 nitrogen and oxygen atoms in total. The van der Waals surface area contributed by atoms with Crippen LogP contribution in [0.2, 0.25) is 0 Å². The van der Waals surface area contributed by atoms with E-state index in [1.54, 1.807) is 31.4 Å². The second-order valence-corrected chi connectivity index (χ2v) is 6.51. The third kappa shape index (κ3) is 3.68. The zero-order valence-corrected chi connectivity index (χ0v) is 16.1. The first-order valence-electron chi connectivity index (χ1n) is 9.28. The van der Waals surface area contributed by atoms with Crippen LogP contribution in [0.15, 0.2) is 30.7 Å². The summed E-state index contributed by atoms with van der Waals surface area (Å²) in [7, 11) is 1.74. The standard InChI is InChI=1S/C19H21N7O3/c1-12-4-3-9-28-19-13(17-22-10-23-25-17)5-6-15(24-19)26(11-27)16-14(29-12)7-8-21-18(16)20-2/h5-8,10-12H,3-4,9H2,1-2H3,(H,20,21)(H,22,23,25). The second-order valence-electron chi connectivity index (χ2n) is 6.51. The molecule has 2 N–H and O–H groups in total. The molecular formula is C19H21N7O3. The number of fused-ring (bicyclic) bond motifs is 3. The number of amides is 1. The number of anilines is 3. The van der Waals surface area contributed by atoms with Gasteiger partial charge in [0.15, 0.2) is 11.6 Å². The molecule has 10 heteroatoms. The Kier molecular flexibility index (Phi) is 5.23. The third-order valence-corrected chi connectivity index (χ3v) is 4.55. The molecule has 29 heavy (non-hydrogen) atoms. The summed E-state index contributed by atoms with van der Waals surface area (Å²) in [6, 6.07) is 5.25. The summed E-state index contributed by atoms with van der Waals surface area (Å²) < 4.78 is 12.0. The van der Waals surface area contributed by atoms with E-state index in [4.69, 9.17) is 9.47 Å². The van der Waals surface area contributed by atoms with Crippen LogP contribution in [0.1, 0.15) is 19.8 Å².